The SMILES string of the molecule is Cc1ccc(NC(=O)N(C)CC(C)C(=O)O)nc1. The smallest absolute Gasteiger partial charge is 0.322 e. The largest absolute Gasteiger partial charge is 0.481 e. The van der Waals surface area contributed by atoms with Crippen LogP contribution in [0.4, 0.5) is 10.6 Å². The molecule has 0 aliphatic heterocycles. The van der Waals surface area contributed by atoms with Gasteiger partial charge in [-0.05, 0) is 18.6 Å². The molecule has 0 aromatic carbocycles. The fraction of sp³-hybridized carbons (Fsp3) is 0.417. The molecule has 98 valence electrons. The first-order chi connectivity index (χ1) is 8.40. The highest BCUT2D eigenvalue weighted by Crippen LogP contribution is 2.06. The van der Waals surface area contributed by atoms with Gasteiger partial charge in [0.1, 0.15) is 5.82 Å². The molecule has 0 bridgehead atoms. The van der Waals surface area contributed by atoms with Crippen molar-refractivity contribution in [1.82, 2.24) is 9.88 Å². The highest BCUT2D eigenvalue weighted by atomic mass is 16.4. The number of hydrogen-bond acceptors (Lipinski definition) is 3. The Morgan fingerprint density at radius 2 is 2.17 bits per heavy atom. The van der Waals surface area contributed by atoms with Crippen LogP contribution in [0, 0.1) is 12.8 Å². The number of hydrogen-bond donors (Lipinski definition) is 2. The van der Waals surface area contributed by atoms with Crippen LogP contribution in [0.25, 0.3) is 0 Å². The molecule has 0 spiro atoms. The Hall–Kier alpha value is -2.11. The van der Waals surface area contributed by atoms with Gasteiger partial charge < -0.3 is 10.0 Å². The van der Waals surface area contributed by atoms with E-state index in [0.717, 1.165) is 5.56 Å². The quantitative estimate of drug-likeness (QED) is 0.851. The van der Waals surface area contributed by atoms with Crippen LogP contribution in [-0.2, 0) is 4.79 Å². The van der Waals surface area contributed by atoms with Crippen molar-refractivity contribution >= 4 is 17.8 Å². The van der Waals surface area contributed by atoms with Gasteiger partial charge in [0.15, 0.2) is 0 Å². The summed E-state index contributed by atoms with van der Waals surface area (Å²) in [7, 11) is 1.54. The normalized spacial score (nSPS) is 11.7. The number of urea groups is 1. The lowest BCUT2D eigenvalue weighted by atomic mass is 10.2. The van der Waals surface area contributed by atoms with Crippen LogP contribution in [-0.4, -0.2) is 40.6 Å². The van der Waals surface area contributed by atoms with Gasteiger partial charge in [0.2, 0.25) is 0 Å². The maximum Gasteiger partial charge on any atom is 0.322 e. The van der Waals surface area contributed by atoms with Crippen molar-refractivity contribution in [3.8, 4) is 0 Å². The molecule has 2 N–H and O–H groups in total. The van der Waals surface area contributed by atoms with E-state index in [1.165, 1.54) is 4.90 Å². The number of anilines is 1. The Kier molecular flexibility index (Phi) is 4.65. The average Bonchev–Trinajstić information content (AvgIpc) is 2.31. The lowest BCUT2D eigenvalue weighted by Gasteiger charge is -2.19. The van der Waals surface area contributed by atoms with Crippen molar-refractivity contribution in [3.63, 3.8) is 0 Å². The van der Waals surface area contributed by atoms with E-state index in [4.69, 9.17) is 5.11 Å². The first-order valence-electron chi connectivity index (χ1n) is 5.57. The van der Waals surface area contributed by atoms with E-state index in [0.29, 0.717) is 5.82 Å². The lowest BCUT2D eigenvalue weighted by molar-refractivity contribution is -0.141. The van der Waals surface area contributed by atoms with Crippen molar-refractivity contribution in [2.75, 3.05) is 18.9 Å². The van der Waals surface area contributed by atoms with Gasteiger partial charge in [0.05, 0.1) is 5.92 Å². The number of nitrogens with zero attached hydrogens (tertiary/aromatic N) is 2. The third kappa shape index (κ3) is 4.04. The summed E-state index contributed by atoms with van der Waals surface area (Å²) in [5.41, 5.74) is 1.00. The molecule has 6 heteroatoms. The second-order valence-electron chi connectivity index (χ2n) is 4.27. The number of nitrogens with one attached hydrogen (secondary N) is 1. The van der Waals surface area contributed by atoms with Crippen molar-refractivity contribution in [3.05, 3.63) is 23.9 Å². The molecule has 18 heavy (non-hydrogen) atoms. The standard InChI is InChI=1S/C12H17N3O3/c1-8-4-5-10(13-6-8)14-12(18)15(3)7-9(2)11(16)17/h4-6,9H,7H2,1-3H3,(H,16,17)(H,13,14,18). The summed E-state index contributed by atoms with van der Waals surface area (Å²) in [5, 5.41) is 11.4. The number of carbonyl (C=O) groups is 2. The Bertz CT molecular complexity index is 431. The first kappa shape index (κ1) is 14.0. The molecule has 1 aromatic rings. The van der Waals surface area contributed by atoms with E-state index >= 15 is 0 Å². The molecular weight excluding hydrogens is 234 g/mol. The molecule has 0 radical (unpaired) electrons. The fourth-order valence-electron chi connectivity index (χ4n) is 1.32. The van der Waals surface area contributed by atoms with Crippen molar-refractivity contribution < 1.29 is 14.7 Å². The zero-order chi connectivity index (χ0) is 13.7. The Morgan fingerprint density at radius 1 is 1.50 bits per heavy atom. The molecule has 1 heterocycles. The molecule has 1 aromatic heterocycles. The molecule has 6 nitrogen and oxygen atoms in total. The summed E-state index contributed by atoms with van der Waals surface area (Å²) in [6, 6.07) is 3.16. The predicted molar refractivity (Wildman–Crippen MR) is 67.4 cm³/mol. The molecule has 0 aliphatic rings. The zero-order valence-corrected chi connectivity index (χ0v) is 10.7. The van der Waals surface area contributed by atoms with Crippen LogP contribution in [0.2, 0.25) is 0 Å². The fourth-order valence-corrected chi connectivity index (χ4v) is 1.32. The topological polar surface area (TPSA) is 82.5 Å². The molecule has 0 saturated carbocycles. The number of pyridine rings is 1. The first-order valence-corrected chi connectivity index (χ1v) is 5.57. The monoisotopic (exact) mass is 251 g/mol. The minimum absolute atomic E-state index is 0.146. The van der Waals surface area contributed by atoms with E-state index in [-0.39, 0.29) is 12.6 Å². The molecule has 1 rings (SSSR count). The minimum atomic E-state index is -0.928. The van der Waals surface area contributed by atoms with Gasteiger partial charge in [-0.1, -0.05) is 13.0 Å². The summed E-state index contributed by atoms with van der Waals surface area (Å²) in [6.07, 6.45) is 1.65. The molecule has 0 saturated heterocycles. The van der Waals surface area contributed by atoms with Crippen LogP contribution < -0.4 is 5.32 Å². The number of carboxylic acids is 1. The average molecular weight is 251 g/mol. The van der Waals surface area contributed by atoms with Crippen LogP contribution in [0.15, 0.2) is 18.3 Å². The van der Waals surface area contributed by atoms with Gasteiger partial charge in [-0.2, -0.15) is 0 Å². The van der Waals surface area contributed by atoms with Gasteiger partial charge in [0.25, 0.3) is 0 Å². The lowest BCUT2D eigenvalue weighted by Crippen LogP contribution is -2.36. The van der Waals surface area contributed by atoms with E-state index in [2.05, 4.69) is 10.3 Å². The van der Waals surface area contributed by atoms with Gasteiger partial charge in [0, 0.05) is 19.8 Å². The second-order valence-corrected chi connectivity index (χ2v) is 4.27. The summed E-state index contributed by atoms with van der Waals surface area (Å²) in [5.74, 6) is -1.09. The highest BCUT2D eigenvalue weighted by Gasteiger charge is 2.17. The Morgan fingerprint density at radius 3 is 2.67 bits per heavy atom. The van der Waals surface area contributed by atoms with Gasteiger partial charge in [-0.15, -0.1) is 0 Å². The van der Waals surface area contributed by atoms with Crippen LogP contribution in [0.5, 0.6) is 0 Å². The third-order valence-corrected chi connectivity index (χ3v) is 2.46. The van der Waals surface area contributed by atoms with Gasteiger partial charge in [-0.25, -0.2) is 9.78 Å². The number of carboxylic acid groups (broad SMARTS) is 1. The van der Waals surface area contributed by atoms with Crippen molar-refractivity contribution in [2.24, 2.45) is 5.92 Å². The molecule has 0 fully saturated rings. The molecule has 0 aliphatic carbocycles. The van der Waals surface area contributed by atoms with E-state index in [9.17, 15) is 9.59 Å². The van der Waals surface area contributed by atoms with E-state index < -0.39 is 11.9 Å². The minimum Gasteiger partial charge on any atom is -0.481 e. The number of aromatic nitrogens is 1. The van der Waals surface area contributed by atoms with Crippen LogP contribution in [0.3, 0.4) is 0 Å². The summed E-state index contributed by atoms with van der Waals surface area (Å²) in [6.45, 7) is 3.60. The summed E-state index contributed by atoms with van der Waals surface area (Å²) in [4.78, 5) is 27.8. The molecule has 1 atom stereocenters. The number of aryl methyl sites for hydroxylation is 1. The second kappa shape index (κ2) is 6.00. The number of rotatable bonds is 4. The third-order valence-electron chi connectivity index (χ3n) is 2.46. The summed E-state index contributed by atoms with van der Waals surface area (Å²) >= 11 is 0. The molecule has 1 unspecified atom stereocenters. The Balaban J connectivity index is 2.54. The number of aliphatic carboxylic acids is 1. The Labute approximate surface area is 106 Å². The highest BCUT2D eigenvalue weighted by molar-refractivity contribution is 5.88. The summed E-state index contributed by atoms with van der Waals surface area (Å²) < 4.78 is 0. The van der Waals surface area contributed by atoms with E-state index in [1.54, 1.807) is 26.2 Å². The van der Waals surface area contributed by atoms with Crippen molar-refractivity contribution in [2.45, 2.75) is 13.8 Å². The van der Waals surface area contributed by atoms with Crippen molar-refractivity contribution in [1.29, 1.82) is 0 Å². The van der Waals surface area contributed by atoms with E-state index in [1.807, 2.05) is 13.0 Å². The van der Waals surface area contributed by atoms with Gasteiger partial charge >= 0.3 is 12.0 Å². The van der Waals surface area contributed by atoms with Crippen LogP contribution >= 0.6 is 0 Å². The molecular formula is C12H17N3O3. The molecule has 2 amide bonds. The van der Waals surface area contributed by atoms with Crippen LogP contribution in [0.1, 0.15) is 12.5 Å². The maximum atomic E-state index is 11.7. The zero-order valence-electron chi connectivity index (χ0n) is 10.7. The van der Waals surface area contributed by atoms with Gasteiger partial charge in [-0.3, -0.25) is 10.1 Å². The number of amides is 2. The maximum absolute atomic E-state index is 11.7. The predicted octanol–water partition coefficient (Wildman–Crippen LogP) is 1.57. The number of carbonyl (C=O) groups excluding carboxylic acids is 1.